The molecule has 1 aliphatic rings. The van der Waals surface area contributed by atoms with Crippen LogP contribution in [-0.2, 0) is 16.1 Å². The van der Waals surface area contributed by atoms with Crippen molar-refractivity contribution in [1.82, 2.24) is 9.78 Å². The third-order valence-electron chi connectivity index (χ3n) is 4.15. The van der Waals surface area contributed by atoms with Crippen molar-refractivity contribution in [1.29, 1.82) is 0 Å². The molecule has 1 saturated carbocycles. The molecule has 20 heavy (non-hydrogen) atoms. The highest BCUT2D eigenvalue weighted by Gasteiger charge is 2.27. The van der Waals surface area contributed by atoms with E-state index in [0.717, 1.165) is 24.2 Å². The average molecular weight is 279 g/mol. The number of aryl methyl sites for hydroxylation is 1. The molecule has 0 bridgehead atoms. The Morgan fingerprint density at radius 1 is 1.30 bits per heavy atom. The maximum Gasteiger partial charge on any atom is 0.328 e. The molecule has 1 heterocycles. The van der Waals surface area contributed by atoms with Gasteiger partial charge in [0.15, 0.2) is 0 Å². The third-order valence-corrected chi connectivity index (χ3v) is 4.15. The fourth-order valence-electron chi connectivity index (χ4n) is 3.18. The van der Waals surface area contributed by atoms with E-state index in [0.29, 0.717) is 17.5 Å². The molecule has 2 atom stereocenters. The minimum Gasteiger partial charge on any atom is -0.461 e. The number of aromatic nitrogens is 2. The van der Waals surface area contributed by atoms with E-state index in [1.807, 2.05) is 13.8 Å². The van der Waals surface area contributed by atoms with Gasteiger partial charge >= 0.3 is 5.97 Å². The number of carbonyl (C=O) groups excluding carboxylic acids is 1. The number of carbonyl (C=O) groups is 1. The monoisotopic (exact) mass is 279 g/mol. The van der Waals surface area contributed by atoms with E-state index >= 15 is 0 Å². The Labute approximate surface area is 120 Å². The number of nitrogen functional groups attached to an aromatic ring is 1. The van der Waals surface area contributed by atoms with Crippen LogP contribution in [0, 0.1) is 25.7 Å². The van der Waals surface area contributed by atoms with E-state index in [-0.39, 0.29) is 18.6 Å². The van der Waals surface area contributed by atoms with Crippen molar-refractivity contribution < 1.29 is 9.53 Å². The lowest BCUT2D eigenvalue weighted by atomic mass is 9.82. The molecule has 112 valence electrons. The number of hydrogen-bond acceptors (Lipinski definition) is 4. The standard InChI is InChI=1S/C15H25N3O2/c1-9-5-10(2)7-13(6-9)20-14(19)8-18-12(4)15(16)11(3)17-18/h9-10,13H,5-8,16H2,1-4H3. The Morgan fingerprint density at radius 3 is 2.40 bits per heavy atom. The van der Waals surface area contributed by atoms with E-state index in [2.05, 4.69) is 18.9 Å². The number of rotatable bonds is 3. The van der Waals surface area contributed by atoms with Crippen LogP contribution < -0.4 is 5.73 Å². The zero-order valence-corrected chi connectivity index (χ0v) is 12.8. The molecule has 1 aromatic heterocycles. The van der Waals surface area contributed by atoms with Crippen LogP contribution in [0.1, 0.15) is 44.5 Å². The normalized spacial score (nSPS) is 26.5. The number of nitrogens with two attached hydrogens (primary N) is 1. The Kier molecular flexibility index (Phi) is 4.35. The van der Waals surface area contributed by atoms with E-state index in [4.69, 9.17) is 10.5 Å². The number of ether oxygens (including phenoxy) is 1. The van der Waals surface area contributed by atoms with E-state index in [1.54, 1.807) is 4.68 Å². The Bertz CT molecular complexity index is 486. The maximum atomic E-state index is 12.0. The first kappa shape index (κ1) is 14.9. The number of esters is 1. The second-order valence-electron chi connectivity index (χ2n) is 6.27. The summed E-state index contributed by atoms with van der Waals surface area (Å²) in [6.07, 6.45) is 3.21. The molecule has 0 aromatic carbocycles. The molecule has 1 fully saturated rings. The summed E-state index contributed by atoms with van der Waals surface area (Å²) in [7, 11) is 0. The molecular weight excluding hydrogens is 254 g/mol. The molecule has 2 unspecified atom stereocenters. The van der Waals surface area contributed by atoms with Crippen molar-refractivity contribution in [2.45, 2.75) is 59.6 Å². The zero-order chi connectivity index (χ0) is 14.9. The van der Waals surface area contributed by atoms with Crippen LogP contribution in [-0.4, -0.2) is 21.9 Å². The van der Waals surface area contributed by atoms with Crippen LogP contribution in [0.25, 0.3) is 0 Å². The summed E-state index contributed by atoms with van der Waals surface area (Å²) in [6.45, 7) is 8.29. The SMILES string of the molecule is Cc1nn(CC(=O)OC2CC(C)CC(C)C2)c(C)c1N. The predicted octanol–water partition coefficient (Wildman–Crippen LogP) is 2.45. The second-order valence-corrected chi connectivity index (χ2v) is 6.27. The Morgan fingerprint density at radius 2 is 1.90 bits per heavy atom. The summed E-state index contributed by atoms with van der Waals surface area (Å²) < 4.78 is 7.23. The largest absolute Gasteiger partial charge is 0.461 e. The molecular formula is C15H25N3O2. The summed E-state index contributed by atoms with van der Waals surface area (Å²) in [6, 6.07) is 0. The smallest absolute Gasteiger partial charge is 0.328 e. The molecule has 1 aromatic rings. The molecule has 0 saturated heterocycles. The summed E-state index contributed by atoms with van der Waals surface area (Å²) in [5, 5.41) is 4.26. The van der Waals surface area contributed by atoms with Crippen LogP contribution in [0.15, 0.2) is 0 Å². The number of anilines is 1. The first-order valence-electron chi connectivity index (χ1n) is 7.35. The summed E-state index contributed by atoms with van der Waals surface area (Å²) in [5.41, 5.74) is 8.10. The van der Waals surface area contributed by atoms with E-state index in [9.17, 15) is 4.79 Å². The fourth-order valence-corrected chi connectivity index (χ4v) is 3.18. The quantitative estimate of drug-likeness (QED) is 0.863. The zero-order valence-electron chi connectivity index (χ0n) is 12.8. The summed E-state index contributed by atoms with van der Waals surface area (Å²) >= 11 is 0. The van der Waals surface area contributed by atoms with E-state index in [1.165, 1.54) is 6.42 Å². The van der Waals surface area contributed by atoms with Crippen molar-refractivity contribution in [2.75, 3.05) is 5.73 Å². The van der Waals surface area contributed by atoms with Gasteiger partial charge in [-0.15, -0.1) is 0 Å². The summed E-state index contributed by atoms with van der Waals surface area (Å²) in [5.74, 6) is 1.03. The first-order valence-corrected chi connectivity index (χ1v) is 7.35. The van der Waals surface area contributed by atoms with Crippen molar-refractivity contribution in [3.05, 3.63) is 11.4 Å². The molecule has 0 radical (unpaired) electrons. The summed E-state index contributed by atoms with van der Waals surface area (Å²) in [4.78, 5) is 12.0. The minimum atomic E-state index is -0.220. The third kappa shape index (κ3) is 3.32. The second kappa shape index (κ2) is 5.85. The van der Waals surface area contributed by atoms with Crippen LogP contribution >= 0.6 is 0 Å². The lowest BCUT2D eigenvalue weighted by Gasteiger charge is -2.31. The molecule has 0 aliphatic heterocycles. The predicted molar refractivity (Wildman–Crippen MR) is 78.2 cm³/mol. The molecule has 0 amide bonds. The van der Waals surface area contributed by atoms with Gasteiger partial charge in [0, 0.05) is 0 Å². The Hall–Kier alpha value is -1.52. The van der Waals surface area contributed by atoms with Crippen LogP contribution in [0.2, 0.25) is 0 Å². The van der Waals surface area contributed by atoms with Gasteiger partial charge in [0.1, 0.15) is 12.6 Å². The van der Waals surface area contributed by atoms with Gasteiger partial charge in [-0.25, -0.2) is 0 Å². The lowest BCUT2D eigenvalue weighted by Crippen LogP contribution is -2.30. The number of hydrogen-bond donors (Lipinski definition) is 1. The molecule has 0 spiro atoms. The van der Waals surface area contributed by atoms with Crippen LogP contribution in [0.5, 0.6) is 0 Å². The molecule has 2 N–H and O–H groups in total. The lowest BCUT2D eigenvalue weighted by molar-refractivity contribution is -0.153. The highest BCUT2D eigenvalue weighted by Crippen LogP contribution is 2.30. The molecule has 1 aliphatic carbocycles. The van der Waals surface area contributed by atoms with Crippen molar-refractivity contribution in [3.63, 3.8) is 0 Å². The van der Waals surface area contributed by atoms with Gasteiger partial charge < -0.3 is 10.5 Å². The van der Waals surface area contributed by atoms with Crippen LogP contribution in [0.3, 0.4) is 0 Å². The average Bonchev–Trinajstić information content (AvgIpc) is 2.55. The first-order chi connectivity index (χ1) is 9.36. The van der Waals surface area contributed by atoms with Crippen LogP contribution in [0.4, 0.5) is 5.69 Å². The van der Waals surface area contributed by atoms with Gasteiger partial charge in [-0.05, 0) is 44.9 Å². The van der Waals surface area contributed by atoms with E-state index < -0.39 is 0 Å². The Balaban J connectivity index is 1.93. The highest BCUT2D eigenvalue weighted by molar-refractivity contribution is 5.69. The van der Waals surface area contributed by atoms with Gasteiger partial charge in [-0.1, -0.05) is 13.8 Å². The topological polar surface area (TPSA) is 70.1 Å². The van der Waals surface area contributed by atoms with Gasteiger partial charge in [-0.2, -0.15) is 5.10 Å². The van der Waals surface area contributed by atoms with Crippen molar-refractivity contribution in [3.8, 4) is 0 Å². The number of nitrogens with zero attached hydrogens (tertiary/aromatic N) is 2. The van der Waals surface area contributed by atoms with Gasteiger partial charge in [0.25, 0.3) is 0 Å². The fraction of sp³-hybridized carbons (Fsp3) is 0.733. The van der Waals surface area contributed by atoms with Gasteiger partial charge in [0.2, 0.25) is 0 Å². The van der Waals surface area contributed by atoms with Crippen molar-refractivity contribution >= 4 is 11.7 Å². The minimum absolute atomic E-state index is 0.0514. The van der Waals surface area contributed by atoms with Crippen molar-refractivity contribution in [2.24, 2.45) is 11.8 Å². The van der Waals surface area contributed by atoms with Gasteiger partial charge in [-0.3, -0.25) is 9.48 Å². The molecule has 2 rings (SSSR count). The maximum absolute atomic E-state index is 12.0. The van der Waals surface area contributed by atoms with Gasteiger partial charge in [0.05, 0.1) is 17.1 Å². The highest BCUT2D eigenvalue weighted by atomic mass is 16.5. The molecule has 5 nitrogen and oxygen atoms in total. The molecule has 5 heteroatoms.